The monoisotopic (exact) mass is 419 g/mol. The average Bonchev–Trinajstić information content (AvgIpc) is 2.74. The van der Waals surface area contributed by atoms with Crippen LogP contribution in [-0.2, 0) is 20.9 Å². The van der Waals surface area contributed by atoms with Gasteiger partial charge >= 0.3 is 5.97 Å². The lowest BCUT2D eigenvalue weighted by Crippen LogP contribution is -2.28. The van der Waals surface area contributed by atoms with Crippen LogP contribution in [0.3, 0.4) is 0 Å². The maximum absolute atomic E-state index is 11.9. The van der Waals surface area contributed by atoms with Crippen molar-refractivity contribution in [2.75, 3.05) is 27.9 Å². The minimum absolute atomic E-state index is 0.247. The van der Waals surface area contributed by atoms with Gasteiger partial charge in [0.05, 0.1) is 21.3 Å². The van der Waals surface area contributed by atoms with Crippen molar-refractivity contribution in [1.29, 1.82) is 0 Å². The van der Waals surface area contributed by atoms with E-state index in [9.17, 15) is 9.59 Å². The number of esters is 1. The van der Waals surface area contributed by atoms with Gasteiger partial charge in [-0.2, -0.15) is 0 Å². The third kappa shape index (κ3) is 6.43. The van der Waals surface area contributed by atoms with Gasteiger partial charge in [0.1, 0.15) is 0 Å². The van der Waals surface area contributed by atoms with E-state index in [2.05, 4.69) is 5.32 Å². The summed E-state index contributed by atoms with van der Waals surface area (Å²) < 4.78 is 20.7. The summed E-state index contributed by atoms with van der Waals surface area (Å²) in [6, 6.07) is 10.5. The molecule has 1 N–H and O–H groups in total. The SMILES string of the molecule is COc1cc(/C=C/C(=O)OCC(=O)NCc2ccccc2Cl)cc(OC)c1OC. The van der Waals surface area contributed by atoms with Crippen molar-refractivity contribution >= 4 is 29.6 Å². The number of methoxy groups -OCH3 is 3. The number of nitrogens with one attached hydrogen (secondary N) is 1. The van der Waals surface area contributed by atoms with Crippen LogP contribution in [0.25, 0.3) is 6.08 Å². The van der Waals surface area contributed by atoms with Crippen LogP contribution < -0.4 is 19.5 Å². The Morgan fingerprint density at radius 2 is 1.69 bits per heavy atom. The second kappa shape index (κ2) is 11.0. The topological polar surface area (TPSA) is 83.1 Å². The molecular formula is C21H22ClNO6. The van der Waals surface area contributed by atoms with E-state index < -0.39 is 18.5 Å². The van der Waals surface area contributed by atoms with E-state index in [0.29, 0.717) is 27.8 Å². The number of benzene rings is 2. The van der Waals surface area contributed by atoms with Gasteiger partial charge in [0.15, 0.2) is 18.1 Å². The number of hydrogen-bond donors (Lipinski definition) is 1. The highest BCUT2D eigenvalue weighted by molar-refractivity contribution is 6.31. The Labute approximate surface area is 174 Å². The summed E-state index contributed by atoms with van der Waals surface area (Å²) >= 11 is 6.03. The van der Waals surface area contributed by atoms with Crippen molar-refractivity contribution in [3.05, 3.63) is 58.6 Å². The Morgan fingerprint density at radius 3 is 2.28 bits per heavy atom. The maximum Gasteiger partial charge on any atom is 0.331 e. The molecule has 29 heavy (non-hydrogen) atoms. The predicted octanol–water partition coefficient (Wildman–Crippen LogP) is 3.24. The zero-order chi connectivity index (χ0) is 21.2. The molecule has 0 aliphatic rings. The standard InChI is InChI=1S/C21H22ClNO6/c1-26-17-10-14(11-18(27-2)21(17)28-3)8-9-20(25)29-13-19(24)23-12-15-6-4-5-7-16(15)22/h4-11H,12-13H2,1-3H3,(H,23,24)/b9-8+. The number of ether oxygens (including phenoxy) is 4. The third-order valence-corrected chi connectivity index (χ3v) is 4.25. The summed E-state index contributed by atoms with van der Waals surface area (Å²) in [5.74, 6) is 0.272. The highest BCUT2D eigenvalue weighted by atomic mass is 35.5. The van der Waals surface area contributed by atoms with Gasteiger partial charge in [-0.3, -0.25) is 4.79 Å². The molecule has 0 aromatic heterocycles. The van der Waals surface area contributed by atoms with E-state index in [1.165, 1.54) is 33.5 Å². The van der Waals surface area contributed by atoms with Gasteiger partial charge in [-0.05, 0) is 35.4 Å². The van der Waals surface area contributed by atoms with Crippen LogP contribution in [-0.4, -0.2) is 39.8 Å². The number of rotatable bonds is 9. The van der Waals surface area contributed by atoms with Gasteiger partial charge in [-0.25, -0.2) is 4.79 Å². The van der Waals surface area contributed by atoms with Gasteiger partial charge in [0.2, 0.25) is 5.75 Å². The van der Waals surface area contributed by atoms with Crippen LogP contribution in [0.15, 0.2) is 42.5 Å². The van der Waals surface area contributed by atoms with E-state index >= 15 is 0 Å². The fourth-order valence-electron chi connectivity index (χ4n) is 2.43. The van der Waals surface area contributed by atoms with E-state index in [4.69, 9.17) is 30.5 Å². The van der Waals surface area contributed by atoms with Gasteiger partial charge in [0.25, 0.3) is 5.91 Å². The molecule has 0 saturated heterocycles. The van der Waals surface area contributed by atoms with Crippen LogP contribution >= 0.6 is 11.6 Å². The van der Waals surface area contributed by atoms with Crippen molar-refractivity contribution < 1.29 is 28.5 Å². The first-order valence-electron chi connectivity index (χ1n) is 8.63. The molecule has 0 fully saturated rings. The predicted molar refractivity (Wildman–Crippen MR) is 109 cm³/mol. The summed E-state index contributed by atoms with van der Waals surface area (Å²) in [5.41, 5.74) is 1.41. The Balaban J connectivity index is 1.89. The molecular weight excluding hydrogens is 398 g/mol. The van der Waals surface area contributed by atoms with Crippen molar-refractivity contribution in [2.24, 2.45) is 0 Å². The lowest BCUT2D eigenvalue weighted by atomic mass is 10.1. The zero-order valence-electron chi connectivity index (χ0n) is 16.4. The third-order valence-electron chi connectivity index (χ3n) is 3.88. The van der Waals surface area contributed by atoms with Crippen LogP contribution in [0.1, 0.15) is 11.1 Å². The Kier molecular flexibility index (Phi) is 8.36. The van der Waals surface area contributed by atoms with E-state index in [-0.39, 0.29) is 6.54 Å². The summed E-state index contributed by atoms with van der Waals surface area (Å²) in [4.78, 5) is 23.7. The molecule has 0 spiro atoms. The summed E-state index contributed by atoms with van der Waals surface area (Å²) in [6.45, 7) is -0.153. The normalized spacial score (nSPS) is 10.5. The molecule has 7 nitrogen and oxygen atoms in total. The van der Waals surface area contributed by atoms with Crippen molar-refractivity contribution in [1.82, 2.24) is 5.32 Å². The van der Waals surface area contributed by atoms with Gasteiger partial charge in [0, 0.05) is 17.6 Å². The largest absolute Gasteiger partial charge is 0.493 e. The smallest absolute Gasteiger partial charge is 0.331 e. The molecule has 1 amide bonds. The zero-order valence-corrected chi connectivity index (χ0v) is 17.1. The molecule has 2 aromatic rings. The Bertz CT molecular complexity index is 871. The summed E-state index contributed by atoms with van der Waals surface area (Å²) in [6.07, 6.45) is 2.73. The van der Waals surface area contributed by atoms with Gasteiger partial charge in [-0.1, -0.05) is 29.8 Å². The van der Waals surface area contributed by atoms with Crippen molar-refractivity contribution in [3.8, 4) is 17.2 Å². The summed E-state index contributed by atoms with van der Waals surface area (Å²) in [7, 11) is 4.50. The number of amides is 1. The fourth-order valence-corrected chi connectivity index (χ4v) is 2.64. The second-order valence-corrected chi connectivity index (χ2v) is 6.18. The quantitative estimate of drug-likeness (QED) is 0.496. The van der Waals surface area contributed by atoms with Crippen LogP contribution in [0, 0.1) is 0 Å². The second-order valence-electron chi connectivity index (χ2n) is 5.77. The number of hydrogen-bond acceptors (Lipinski definition) is 6. The van der Waals surface area contributed by atoms with Crippen LogP contribution in [0.5, 0.6) is 17.2 Å². The summed E-state index contributed by atoms with van der Waals surface area (Å²) in [5, 5.41) is 3.19. The maximum atomic E-state index is 11.9. The molecule has 0 bridgehead atoms. The van der Waals surface area contributed by atoms with Gasteiger partial charge in [-0.15, -0.1) is 0 Å². The molecule has 0 radical (unpaired) electrons. The first-order chi connectivity index (χ1) is 14.0. The van der Waals surface area contributed by atoms with Crippen molar-refractivity contribution in [3.63, 3.8) is 0 Å². The number of halogens is 1. The molecule has 2 aromatic carbocycles. The first kappa shape index (κ1) is 22.1. The van der Waals surface area contributed by atoms with Gasteiger partial charge < -0.3 is 24.3 Å². The average molecular weight is 420 g/mol. The minimum atomic E-state index is -0.661. The van der Waals surface area contributed by atoms with E-state index in [0.717, 1.165) is 5.56 Å². The lowest BCUT2D eigenvalue weighted by molar-refractivity contribution is -0.143. The molecule has 0 unspecified atom stereocenters. The molecule has 0 aliphatic heterocycles. The highest BCUT2D eigenvalue weighted by Crippen LogP contribution is 2.38. The first-order valence-corrected chi connectivity index (χ1v) is 9.01. The minimum Gasteiger partial charge on any atom is -0.493 e. The molecule has 0 saturated carbocycles. The molecule has 154 valence electrons. The lowest BCUT2D eigenvalue weighted by Gasteiger charge is -2.12. The Morgan fingerprint density at radius 1 is 1.03 bits per heavy atom. The Hall–Kier alpha value is -3.19. The van der Waals surface area contributed by atoms with Crippen LogP contribution in [0.2, 0.25) is 5.02 Å². The molecule has 0 atom stereocenters. The van der Waals surface area contributed by atoms with E-state index in [1.807, 2.05) is 6.07 Å². The van der Waals surface area contributed by atoms with Crippen molar-refractivity contribution in [2.45, 2.75) is 6.54 Å². The fraction of sp³-hybridized carbons (Fsp3) is 0.238. The van der Waals surface area contributed by atoms with Crippen LogP contribution in [0.4, 0.5) is 0 Å². The molecule has 8 heteroatoms. The van der Waals surface area contributed by atoms with E-state index in [1.54, 1.807) is 30.3 Å². The number of carbonyl (C=O) groups is 2. The molecule has 0 aliphatic carbocycles. The highest BCUT2D eigenvalue weighted by Gasteiger charge is 2.12. The molecule has 0 heterocycles. The number of carbonyl (C=O) groups excluding carboxylic acids is 2. The molecule has 2 rings (SSSR count).